The van der Waals surface area contributed by atoms with Crippen molar-refractivity contribution in [2.45, 2.75) is 31.8 Å². The predicted molar refractivity (Wildman–Crippen MR) is 76.9 cm³/mol. The molecule has 1 aromatic carbocycles. The number of nitrogen functional groups attached to an aromatic ring is 1. The van der Waals surface area contributed by atoms with E-state index >= 15 is 0 Å². The van der Waals surface area contributed by atoms with Crippen molar-refractivity contribution in [2.75, 3.05) is 5.73 Å². The fourth-order valence-electron chi connectivity index (χ4n) is 2.70. The summed E-state index contributed by atoms with van der Waals surface area (Å²) in [5.41, 5.74) is 9.02. The van der Waals surface area contributed by atoms with E-state index in [1.807, 2.05) is 30.5 Å². The van der Waals surface area contributed by atoms with Gasteiger partial charge in [0.15, 0.2) is 0 Å². The standard InChI is InChI=1S/C15H18N4O/c16-12-3-4-13-11(10-12)2-5-14(13)18-15(20)6-9-19-8-1-7-17-19/h1,3-4,7-8,10,14H,2,5-6,9,16H2,(H,18,20). The fraction of sp³-hybridized carbons (Fsp3) is 0.333. The quantitative estimate of drug-likeness (QED) is 0.830. The Morgan fingerprint density at radius 3 is 3.20 bits per heavy atom. The molecule has 0 fully saturated rings. The minimum atomic E-state index is 0.0650. The lowest BCUT2D eigenvalue weighted by Gasteiger charge is -2.14. The van der Waals surface area contributed by atoms with E-state index < -0.39 is 0 Å². The Hall–Kier alpha value is -2.30. The number of anilines is 1. The number of carbonyl (C=O) groups is 1. The number of hydrogen-bond donors (Lipinski definition) is 2. The van der Waals surface area contributed by atoms with Gasteiger partial charge in [-0.05, 0) is 42.2 Å². The van der Waals surface area contributed by atoms with Crippen molar-refractivity contribution in [3.8, 4) is 0 Å². The lowest BCUT2D eigenvalue weighted by Crippen LogP contribution is -2.28. The Morgan fingerprint density at radius 1 is 1.50 bits per heavy atom. The number of carbonyl (C=O) groups excluding carboxylic acids is 1. The SMILES string of the molecule is Nc1ccc2c(c1)CCC2NC(=O)CCn1cccn1. The number of nitrogens with two attached hydrogens (primary N) is 1. The third-order valence-electron chi connectivity index (χ3n) is 3.71. The van der Waals surface area contributed by atoms with Gasteiger partial charge in [0.25, 0.3) is 0 Å². The molecule has 0 aliphatic heterocycles. The van der Waals surface area contributed by atoms with Crippen molar-refractivity contribution in [3.63, 3.8) is 0 Å². The zero-order valence-electron chi connectivity index (χ0n) is 11.2. The summed E-state index contributed by atoms with van der Waals surface area (Å²) >= 11 is 0. The molecule has 1 heterocycles. The first kappa shape index (κ1) is 12.7. The van der Waals surface area contributed by atoms with Crippen molar-refractivity contribution in [2.24, 2.45) is 0 Å². The van der Waals surface area contributed by atoms with E-state index in [4.69, 9.17) is 5.73 Å². The largest absolute Gasteiger partial charge is 0.399 e. The second-order valence-corrected chi connectivity index (χ2v) is 5.14. The van der Waals surface area contributed by atoms with Crippen molar-refractivity contribution >= 4 is 11.6 Å². The van der Waals surface area contributed by atoms with Gasteiger partial charge in [-0.25, -0.2) is 0 Å². The molecule has 0 spiro atoms. The van der Waals surface area contributed by atoms with Crippen LogP contribution in [0, 0.1) is 0 Å². The Morgan fingerprint density at radius 2 is 2.40 bits per heavy atom. The van der Waals surface area contributed by atoms with Gasteiger partial charge in [0, 0.05) is 31.0 Å². The zero-order chi connectivity index (χ0) is 13.9. The van der Waals surface area contributed by atoms with Crippen LogP contribution < -0.4 is 11.1 Å². The maximum Gasteiger partial charge on any atom is 0.222 e. The van der Waals surface area contributed by atoms with E-state index in [2.05, 4.69) is 10.4 Å². The molecule has 1 aliphatic carbocycles. The smallest absolute Gasteiger partial charge is 0.222 e. The molecule has 1 amide bonds. The van der Waals surface area contributed by atoms with Crippen LogP contribution in [0.1, 0.15) is 30.0 Å². The molecule has 3 N–H and O–H groups in total. The Kier molecular flexibility index (Phi) is 3.41. The number of amides is 1. The van der Waals surface area contributed by atoms with Gasteiger partial charge in [-0.3, -0.25) is 9.48 Å². The van der Waals surface area contributed by atoms with Crippen LogP contribution in [0.15, 0.2) is 36.7 Å². The number of nitrogens with zero attached hydrogens (tertiary/aromatic N) is 2. The lowest BCUT2D eigenvalue weighted by atomic mass is 10.1. The average Bonchev–Trinajstić information content (AvgIpc) is 3.06. The highest BCUT2D eigenvalue weighted by Crippen LogP contribution is 2.32. The molecular weight excluding hydrogens is 252 g/mol. The highest BCUT2D eigenvalue weighted by Gasteiger charge is 2.23. The highest BCUT2D eigenvalue weighted by atomic mass is 16.1. The van der Waals surface area contributed by atoms with Gasteiger partial charge in [-0.1, -0.05) is 6.07 Å². The minimum Gasteiger partial charge on any atom is -0.399 e. The number of nitrogens with one attached hydrogen (secondary N) is 1. The topological polar surface area (TPSA) is 72.9 Å². The van der Waals surface area contributed by atoms with Crippen molar-refractivity contribution in [1.82, 2.24) is 15.1 Å². The molecule has 5 nitrogen and oxygen atoms in total. The van der Waals surface area contributed by atoms with Crippen molar-refractivity contribution < 1.29 is 4.79 Å². The first-order valence-corrected chi connectivity index (χ1v) is 6.87. The summed E-state index contributed by atoms with van der Waals surface area (Å²) in [5, 5.41) is 7.18. The lowest BCUT2D eigenvalue weighted by molar-refractivity contribution is -0.122. The first-order valence-electron chi connectivity index (χ1n) is 6.87. The third-order valence-corrected chi connectivity index (χ3v) is 3.71. The summed E-state index contributed by atoms with van der Waals surface area (Å²) in [4.78, 5) is 12.0. The Labute approximate surface area is 117 Å². The van der Waals surface area contributed by atoms with Gasteiger partial charge in [0.2, 0.25) is 5.91 Å². The van der Waals surface area contributed by atoms with Crippen LogP contribution in [0.25, 0.3) is 0 Å². The number of fused-ring (bicyclic) bond motifs is 1. The molecule has 2 aromatic rings. The number of hydrogen-bond acceptors (Lipinski definition) is 3. The summed E-state index contributed by atoms with van der Waals surface area (Å²) in [6.07, 6.45) is 5.95. The van der Waals surface area contributed by atoms with Crippen LogP contribution in [0.4, 0.5) is 5.69 Å². The maximum atomic E-state index is 12.0. The molecule has 0 bridgehead atoms. The molecule has 5 heteroatoms. The zero-order valence-corrected chi connectivity index (χ0v) is 11.2. The predicted octanol–water partition coefficient (Wildman–Crippen LogP) is 1.66. The molecule has 0 saturated carbocycles. The van der Waals surface area contributed by atoms with Gasteiger partial charge in [0.05, 0.1) is 6.04 Å². The fourth-order valence-corrected chi connectivity index (χ4v) is 2.70. The second-order valence-electron chi connectivity index (χ2n) is 5.14. The van der Waals surface area contributed by atoms with Gasteiger partial charge < -0.3 is 11.1 Å². The van der Waals surface area contributed by atoms with Gasteiger partial charge in [-0.2, -0.15) is 5.10 Å². The maximum absolute atomic E-state index is 12.0. The van der Waals surface area contributed by atoms with Crippen LogP contribution in [-0.4, -0.2) is 15.7 Å². The summed E-state index contributed by atoms with van der Waals surface area (Å²) < 4.78 is 1.77. The molecule has 1 unspecified atom stereocenters. The third kappa shape index (κ3) is 2.66. The second kappa shape index (κ2) is 5.36. The van der Waals surface area contributed by atoms with Crippen LogP contribution in [0.3, 0.4) is 0 Å². The van der Waals surface area contributed by atoms with E-state index in [-0.39, 0.29) is 11.9 Å². The summed E-state index contributed by atoms with van der Waals surface area (Å²) in [5.74, 6) is 0.0650. The van der Waals surface area contributed by atoms with Crippen LogP contribution in [-0.2, 0) is 17.8 Å². The molecule has 1 aliphatic rings. The van der Waals surface area contributed by atoms with Gasteiger partial charge in [-0.15, -0.1) is 0 Å². The first-order chi connectivity index (χ1) is 9.72. The number of benzene rings is 1. The van der Waals surface area contributed by atoms with E-state index in [0.717, 1.165) is 18.5 Å². The minimum absolute atomic E-state index is 0.0650. The van der Waals surface area contributed by atoms with Gasteiger partial charge in [0.1, 0.15) is 0 Å². The molecule has 1 aromatic heterocycles. The Bertz CT molecular complexity index is 606. The van der Waals surface area contributed by atoms with Crippen LogP contribution in [0.5, 0.6) is 0 Å². The average molecular weight is 270 g/mol. The van der Waals surface area contributed by atoms with Crippen molar-refractivity contribution in [1.29, 1.82) is 0 Å². The van der Waals surface area contributed by atoms with E-state index in [9.17, 15) is 4.79 Å². The number of rotatable bonds is 4. The molecule has 0 radical (unpaired) electrons. The summed E-state index contributed by atoms with van der Waals surface area (Å²) in [7, 11) is 0. The van der Waals surface area contributed by atoms with E-state index in [1.54, 1.807) is 10.9 Å². The molecule has 1 atom stereocenters. The summed E-state index contributed by atoms with van der Waals surface area (Å²) in [6.45, 7) is 0.611. The number of aryl methyl sites for hydroxylation is 2. The van der Waals surface area contributed by atoms with Gasteiger partial charge >= 0.3 is 0 Å². The van der Waals surface area contributed by atoms with E-state index in [1.165, 1.54) is 11.1 Å². The van der Waals surface area contributed by atoms with E-state index in [0.29, 0.717) is 13.0 Å². The monoisotopic (exact) mass is 270 g/mol. The van der Waals surface area contributed by atoms with Crippen LogP contribution >= 0.6 is 0 Å². The molecule has 0 saturated heterocycles. The molecule has 104 valence electrons. The molecular formula is C15H18N4O. The highest BCUT2D eigenvalue weighted by molar-refractivity contribution is 5.76. The number of aromatic nitrogens is 2. The molecule has 20 heavy (non-hydrogen) atoms. The summed E-state index contributed by atoms with van der Waals surface area (Å²) in [6, 6.07) is 7.90. The van der Waals surface area contributed by atoms with Crippen molar-refractivity contribution in [3.05, 3.63) is 47.8 Å². The molecule has 3 rings (SSSR count). The van der Waals surface area contributed by atoms with Crippen LogP contribution in [0.2, 0.25) is 0 Å². The Balaban J connectivity index is 1.58. The normalized spacial score (nSPS) is 16.9.